The number of carbonyl (C=O) groups is 1. The number of benzene rings is 2. The predicted octanol–water partition coefficient (Wildman–Crippen LogP) is 5.14. The molecule has 1 aliphatic heterocycles. The highest BCUT2D eigenvalue weighted by Gasteiger charge is 2.32. The quantitative estimate of drug-likeness (QED) is 0.533. The van der Waals surface area contributed by atoms with Gasteiger partial charge in [0.1, 0.15) is 0 Å². The molecule has 0 saturated carbocycles. The summed E-state index contributed by atoms with van der Waals surface area (Å²) in [5.41, 5.74) is 1.17. The molecule has 1 heterocycles. The molecule has 34 heavy (non-hydrogen) atoms. The number of hydrogen-bond acceptors (Lipinski definition) is 4. The minimum atomic E-state index is -4.45. The average molecular weight is 518 g/mol. The Kier molecular flexibility index (Phi) is 8.02. The smallest absolute Gasteiger partial charge is 0.371 e. The molecule has 1 saturated heterocycles. The Morgan fingerprint density at radius 3 is 2.38 bits per heavy atom. The Morgan fingerprint density at radius 2 is 1.79 bits per heavy atom. The largest absolute Gasteiger partial charge is 0.416 e. The summed E-state index contributed by atoms with van der Waals surface area (Å²) >= 11 is 6.16. The summed E-state index contributed by atoms with van der Waals surface area (Å²) < 4.78 is 65.0. The van der Waals surface area contributed by atoms with E-state index in [2.05, 4.69) is 10.0 Å². The van der Waals surface area contributed by atoms with Crippen LogP contribution in [0.5, 0.6) is 0 Å². The number of amides is 1. The highest BCUT2D eigenvalue weighted by molar-refractivity contribution is 7.92. The molecule has 1 unspecified atom stereocenters. The van der Waals surface area contributed by atoms with Crippen molar-refractivity contribution in [3.63, 3.8) is 0 Å². The Balaban J connectivity index is 1.75. The van der Waals surface area contributed by atoms with Crippen LogP contribution in [0.4, 0.5) is 24.5 Å². The number of hydrogen-bond donors (Lipinski definition) is 2. The van der Waals surface area contributed by atoms with Crippen molar-refractivity contribution in [3.8, 4) is 0 Å². The van der Waals surface area contributed by atoms with Crippen LogP contribution in [0, 0.1) is 0 Å². The van der Waals surface area contributed by atoms with Crippen molar-refractivity contribution in [1.29, 1.82) is 0 Å². The van der Waals surface area contributed by atoms with E-state index in [0.717, 1.165) is 37.7 Å². The standard InChI is InChI=1S/C23H27ClF3N3O3S/c1-15(16-7-9-20(19(24)12-16)29-34(2,32)33)22(31)28-14-17-6-8-18(23(25,26)27)13-21(17)30-10-4-3-5-11-30/h6-9,12-13,15,29H,3-5,10-11,14H2,1-2H3,(H,28,31). The van der Waals surface area contributed by atoms with Crippen LogP contribution in [-0.2, 0) is 27.5 Å². The second-order valence-corrected chi connectivity index (χ2v) is 10.6. The van der Waals surface area contributed by atoms with Crippen molar-refractivity contribution in [2.75, 3.05) is 29.0 Å². The number of sulfonamides is 1. The Morgan fingerprint density at radius 1 is 1.12 bits per heavy atom. The van der Waals surface area contributed by atoms with Crippen molar-refractivity contribution in [2.24, 2.45) is 0 Å². The van der Waals surface area contributed by atoms with E-state index in [-0.39, 0.29) is 23.2 Å². The van der Waals surface area contributed by atoms with Gasteiger partial charge in [-0.1, -0.05) is 23.7 Å². The van der Waals surface area contributed by atoms with E-state index >= 15 is 0 Å². The molecule has 1 fully saturated rings. The molecule has 1 aliphatic rings. The van der Waals surface area contributed by atoms with Gasteiger partial charge in [0.25, 0.3) is 0 Å². The lowest BCUT2D eigenvalue weighted by Gasteiger charge is -2.31. The number of halogens is 4. The first-order valence-corrected chi connectivity index (χ1v) is 13.1. The van der Waals surface area contributed by atoms with E-state index in [1.807, 2.05) is 4.90 Å². The molecule has 11 heteroatoms. The zero-order chi connectivity index (χ0) is 25.1. The minimum absolute atomic E-state index is 0.0780. The van der Waals surface area contributed by atoms with E-state index in [0.29, 0.717) is 29.9 Å². The lowest BCUT2D eigenvalue weighted by Crippen LogP contribution is -2.32. The zero-order valence-corrected chi connectivity index (χ0v) is 20.4. The van der Waals surface area contributed by atoms with Crippen molar-refractivity contribution < 1.29 is 26.4 Å². The first kappa shape index (κ1) is 26.2. The van der Waals surface area contributed by atoms with Gasteiger partial charge >= 0.3 is 6.18 Å². The summed E-state index contributed by atoms with van der Waals surface area (Å²) in [5.74, 6) is -0.943. The molecule has 2 aromatic carbocycles. The van der Waals surface area contributed by atoms with Gasteiger partial charge < -0.3 is 10.2 Å². The fraction of sp³-hybridized carbons (Fsp3) is 0.435. The van der Waals surface area contributed by atoms with Crippen molar-refractivity contribution in [3.05, 3.63) is 58.1 Å². The highest BCUT2D eigenvalue weighted by atomic mass is 35.5. The van der Waals surface area contributed by atoms with Gasteiger partial charge in [-0.05, 0) is 61.6 Å². The van der Waals surface area contributed by atoms with Crippen molar-refractivity contribution >= 4 is 38.9 Å². The molecule has 6 nitrogen and oxygen atoms in total. The second kappa shape index (κ2) is 10.4. The maximum absolute atomic E-state index is 13.3. The van der Waals surface area contributed by atoms with Gasteiger partial charge in [-0.25, -0.2) is 8.42 Å². The molecule has 1 atom stereocenters. The van der Waals surface area contributed by atoms with Crippen LogP contribution in [0.25, 0.3) is 0 Å². The fourth-order valence-electron chi connectivity index (χ4n) is 3.89. The average Bonchev–Trinajstić information content (AvgIpc) is 2.77. The summed E-state index contributed by atoms with van der Waals surface area (Å²) in [4.78, 5) is 14.7. The summed E-state index contributed by atoms with van der Waals surface area (Å²) in [7, 11) is -3.50. The zero-order valence-electron chi connectivity index (χ0n) is 18.9. The summed E-state index contributed by atoms with van der Waals surface area (Å²) in [6.45, 7) is 3.09. The first-order chi connectivity index (χ1) is 15.8. The molecule has 3 rings (SSSR count). The van der Waals surface area contributed by atoms with Crippen LogP contribution in [0.15, 0.2) is 36.4 Å². The molecule has 0 spiro atoms. The minimum Gasteiger partial charge on any atom is -0.371 e. The van der Waals surface area contributed by atoms with Crippen LogP contribution < -0.4 is 14.9 Å². The highest BCUT2D eigenvalue weighted by Crippen LogP contribution is 2.34. The van der Waals surface area contributed by atoms with Crippen LogP contribution in [0.1, 0.15) is 48.8 Å². The monoisotopic (exact) mass is 517 g/mol. The SMILES string of the molecule is CC(C(=O)NCc1ccc(C(F)(F)F)cc1N1CCCCC1)c1ccc(NS(C)(=O)=O)c(Cl)c1. The van der Waals surface area contributed by atoms with Crippen LogP contribution in [0.2, 0.25) is 5.02 Å². The van der Waals surface area contributed by atoms with E-state index in [1.165, 1.54) is 18.2 Å². The molecular weight excluding hydrogens is 491 g/mol. The van der Waals surface area contributed by atoms with E-state index in [1.54, 1.807) is 13.0 Å². The van der Waals surface area contributed by atoms with E-state index < -0.39 is 27.7 Å². The molecule has 186 valence electrons. The summed E-state index contributed by atoms with van der Waals surface area (Å²) in [6, 6.07) is 8.19. The first-order valence-electron chi connectivity index (χ1n) is 10.8. The number of carbonyl (C=O) groups excluding carboxylic acids is 1. The van der Waals surface area contributed by atoms with Crippen molar-refractivity contribution in [2.45, 2.75) is 44.8 Å². The molecular formula is C23H27ClF3N3O3S. The fourth-order valence-corrected chi connectivity index (χ4v) is 4.76. The van der Waals surface area contributed by atoms with Gasteiger partial charge in [0.05, 0.1) is 28.4 Å². The van der Waals surface area contributed by atoms with Gasteiger partial charge in [0, 0.05) is 25.3 Å². The molecule has 2 aromatic rings. The Bertz CT molecular complexity index is 1150. The molecule has 0 bridgehead atoms. The Hall–Kier alpha value is -2.46. The third-order valence-corrected chi connectivity index (χ3v) is 6.65. The van der Waals surface area contributed by atoms with Gasteiger partial charge in [-0.15, -0.1) is 0 Å². The third-order valence-electron chi connectivity index (χ3n) is 5.74. The second-order valence-electron chi connectivity index (χ2n) is 8.44. The molecule has 0 radical (unpaired) electrons. The van der Waals surface area contributed by atoms with Gasteiger partial charge in [0.2, 0.25) is 15.9 Å². The maximum Gasteiger partial charge on any atom is 0.416 e. The Labute approximate surface area is 202 Å². The predicted molar refractivity (Wildman–Crippen MR) is 128 cm³/mol. The number of nitrogens with one attached hydrogen (secondary N) is 2. The van der Waals surface area contributed by atoms with Crippen LogP contribution in [-0.4, -0.2) is 33.7 Å². The van der Waals surface area contributed by atoms with E-state index in [9.17, 15) is 26.4 Å². The van der Waals surface area contributed by atoms with Gasteiger partial charge in [-0.2, -0.15) is 13.2 Å². The lowest BCUT2D eigenvalue weighted by atomic mass is 9.99. The molecule has 2 N–H and O–H groups in total. The maximum atomic E-state index is 13.3. The van der Waals surface area contributed by atoms with Crippen molar-refractivity contribution in [1.82, 2.24) is 5.32 Å². The summed E-state index contributed by atoms with van der Waals surface area (Å²) in [5, 5.41) is 2.96. The lowest BCUT2D eigenvalue weighted by molar-refractivity contribution is -0.137. The van der Waals surface area contributed by atoms with Gasteiger partial charge in [-0.3, -0.25) is 9.52 Å². The number of nitrogens with zero attached hydrogens (tertiary/aromatic N) is 1. The van der Waals surface area contributed by atoms with Gasteiger partial charge in [0.15, 0.2) is 0 Å². The summed E-state index contributed by atoms with van der Waals surface area (Å²) in [6.07, 6.45) is -0.584. The number of anilines is 2. The molecule has 0 aromatic heterocycles. The molecule has 1 amide bonds. The topological polar surface area (TPSA) is 78.5 Å². The number of alkyl halides is 3. The molecule has 0 aliphatic carbocycles. The number of rotatable bonds is 7. The third kappa shape index (κ3) is 6.79. The normalized spacial score (nSPS) is 15.6. The van der Waals surface area contributed by atoms with E-state index in [4.69, 9.17) is 11.6 Å². The number of piperidine rings is 1. The van der Waals surface area contributed by atoms with Crippen LogP contribution in [0.3, 0.4) is 0 Å². The van der Waals surface area contributed by atoms with Crippen LogP contribution >= 0.6 is 11.6 Å².